The van der Waals surface area contributed by atoms with Crippen LogP contribution in [0.2, 0.25) is 0 Å². The van der Waals surface area contributed by atoms with Crippen LogP contribution in [-0.2, 0) is 0 Å². The van der Waals surface area contributed by atoms with Crippen molar-refractivity contribution in [1.82, 2.24) is 0 Å². The molecule has 0 aromatic heterocycles. The van der Waals surface area contributed by atoms with E-state index in [4.69, 9.17) is 9.84 Å². The van der Waals surface area contributed by atoms with E-state index >= 15 is 0 Å². The highest BCUT2D eigenvalue weighted by Gasteiger charge is 2.23. The van der Waals surface area contributed by atoms with E-state index in [2.05, 4.69) is 0 Å². The molecule has 1 saturated carbocycles. The molecule has 0 spiro atoms. The average molecular weight is 268 g/mol. The zero-order valence-corrected chi connectivity index (χ0v) is 11.3. The number of carbonyl (C=O) groups is 1. The molecule has 1 aliphatic carbocycles. The largest absolute Gasteiger partial charge is 0.490 e. The third-order valence-corrected chi connectivity index (χ3v) is 3.45. The van der Waals surface area contributed by atoms with Crippen molar-refractivity contribution in [2.24, 2.45) is 0 Å². The van der Waals surface area contributed by atoms with Gasteiger partial charge >= 0.3 is 5.97 Å². The third-order valence-electron chi connectivity index (χ3n) is 3.45. The molecule has 1 fully saturated rings. The molecule has 2 aromatic rings. The molecule has 0 unspecified atom stereocenters. The predicted molar refractivity (Wildman–Crippen MR) is 77.2 cm³/mol. The number of hydrogen-bond donors (Lipinski definition) is 1. The monoisotopic (exact) mass is 268 g/mol. The Labute approximate surface area is 117 Å². The van der Waals surface area contributed by atoms with Crippen LogP contribution < -0.4 is 4.74 Å². The number of rotatable bonds is 4. The normalized spacial score (nSPS) is 14.1. The van der Waals surface area contributed by atoms with E-state index in [0.29, 0.717) is 11.7 Å². The van der Waals surface area contributed by atoms with Crippen LogP contribution in [0.3, 0.4) is 0 Å². The average Bonchev–Trinajstić information content (AvgIpc) is 3.22. The Morgan fingerprint density at radius 1 is 1.20 bits per heavy atom. The molecule has 1 N–H and O–H groups in total. The number of aromatic carboxylic acids is 1. The molecule has 2 aromatic carbocycles. The molecule has 0 radical (unpaired) electrons. The summed E-state index contributed by atoms with van der Waals surface area (Å²) in [5.41, 5.74) is 3.36. The number of hydrogen-bond acceptors (Lipinski definition) is 2. The molecule has 1 aliphatic rings. The molecule has 3 heteroatoms. The predicted octanol–water partition coefficient (Wildman–Crippen LogP) is 3.90. The highest BCUT2D eigenvalue weighted by atomic mass is 16.5. The Bertz CT molecular complexity index is 657. The van der Waals surface area contributed by atoms with Crippen LogP contribution >= 0.6 is 0 Å². The van der Waals surface area contributed by atoms with Crippen LogP contribution in [-0.4, -0.2) is 17.2 Å². The van der Waals surface area contributed by atoms with Gasteiger partial charge in [-0.25, -0.2) is 4.79 Å². The van der Waals surface area contributed by atoms with Gasteiger partial charge in [-0.3, -0.25) is 0 Å². The van der Waals surface area contributed by atoms with Crippen molar-refractivity contribution in [2.75, 3.05) is 0 Å². The summed E-state index contributed by atoms with van der Waals surface area (Å²) in [5, 5.41) is 9.00. The summed E-state index contributed by atoms with van der Waals surface area (Å²) in [5.74, 6) is -0.0165. The molecule has 20 heavy (non-hydrogen) atoms. The van der Waals surface area contributed by atoms with Gasteiger partial charge in [-0.15, -0.1) is 0 Å². The lowest BCUT2D eigenvalue weighted by Crippen LogP contribution is -1.98. The van der Waals surface area contributed by atoms with Crippen LogP contribution in [0.5, 0.6) is 5.75 Å². The number of ether oxygens (including phenoxy) is 1. The van der Waals surface area contributed by atoms with Crippen LogP contribution in [0.4, 0.5) is 0 Å². The van der Waals surface area contributed by atoms with Crippen molar-refractivity contribution >= 4 is 5.97 Å². The van der Waals surface area contributed by atoms with Gasteiger partial charge in [-0.05, 0) is 60.7 Å². The Balaban J connectivity index is 1.93. The maximum Gasteiger partial charge on any atom is 0.335 e. The summed E-state index contributed by atoms with van der Waals surface area (Å²) in [7, 11) is 0. The van der Waals surface area contributed by atoms with Crippen LogP contribution in [0.25, 0.3) is 11.1 Å². The fraction of sp³-hybridized carbons (Fsp3) is 0.235. The first kappa shape index (κ1) is 12.7. The fourth-order valence-corrected chi connectivity index (χ4v) is 2.24. The van der Waals surface area contributed by atoms with Crippen LogP contribution in [0, 0.1) is 6.92 Å². The van der Waals surface area contributed by atoms with Crippen molar-refractivity contribution in [3.05, 3.63) is 53.6 Å². The minimum Gasteiger partial charge on any atom is -0.490 e. The lowest BCUT2D eigenvalue weighted by atomic mass is 9.98. The van der Waals surface area contributed by atoms with Gasteiger partial charge in [0.05, 0.1) is 11.7 Å². The van der Waals surface area contributed by atoms with E-state index in [9.17, 15) is 4.79 Å². The van der Waals surface area contributed by atoms with Gasteiger partial charge in [0.2, 0.25) is 0 Å². The lowest BCUT2D eigenvalue weighted by Gasteiger charge is -2.10. The zero-order chi connectivity index (χ0) is 14.1. The zero-order valence-electron chi connectivity index (χ0n) is 11.3. The molecule has 0 amide bonds. The second kappa shape index (κ2) is 5.00. The van der Waals surface area contributed by atoms with E-state index in [0.717, 1.165) is 35.3 Å². The second-order valence-electron chi connectivity index (χ2n) is 5.18. The van der Waals surface area contributed by atoms with E-state index in [1.165, 1.54) is 0 Å². The van der Waals surface area contributed by atoms with Crippen LogP contribution in [0.1, 0.15) is 28.8 Å². The molecule has 0 saturated heterocycles. The molecule has 0 bridgehead atoms. The summed E-state index contributed by atoms with van der Waals surface area (Å²) in [4.78, 5) is 11.0. The van der Waals surface area contributed by atoms with Gasteiger partial charge < -0.3 is 9.84 Å². The van der Waals surface area contributed by atoms with E-state index in [-0.39, 0.29) is 0 Å². The molecule has 0 atom stereocenters. The van der Waals surface area contributed by atoms with E-state index in [1.807, 2.05) is 37.3 Å². The number of carboxylic acid groups (broad SMARTS) is 1. The Kier molecular flexibility index (Phi) is 3.18. The van der Waals surface area contributed by atoms with Gasteiger partial charge in [-0.2, -0.15) is 0 Å². The first-order valence-electron chi connectivity index (χ1n) is 6.74. The number of aryl methyl sites for hydroxylation is 1. The quantitative estimate of drug-likeness (QED) is 0.914. The van der Waals surface area contributed by atoms with Gasteiger partial charge in [-0.1, -0.05) is 18.2 Å². The fourth-order valence-electron chi connectivity index (χ4n) is 2.24. The molecule has 0 aliphatic heterocycles. The number of benzene rings is 2. The molecule has 102 valence electrons. The van der Waals surface area contributed by atoms with Crippen molar-refractivity contribution in [2.45, 2.75) is 25.9 Å². The van der Waals surface area contributed by atoms with Crippen molar-refractivity contribution in [3.8, 4) is 16.9 Å². The number of carboxylic acids is 1. The molecule has 0 heterocycles. The Morgan fingerprint density at radius 2 is 2.00 bits per heavy atom. The van der Waals surface area contributed by atoms with Crippen molar-refractivity contribution in [1.29, 1.82) is 0 Å². The highest BCUT2D eigenvalue weighted by Crippen LogP contribution is 2.31. The van der Waals surface area contributed by atoms with E-state index < -0.39 is 5.97 Å². The smallest absolute Gasteiger partial charge is 0.335 e. The molecule has 3 nitrogen and oxygen atoms in total. The summed E-state index contributed by atoms with van der Waals surface area (Å²) in [6.07, 6.45) is 2.65. The first-order valence-corrected chi connectivity index (χ1v) is 6.74. The Hall–Kier alpha value is -2.29. The maximum atomic E-state index is 11.0. The Morgan fingerprint density at radius 3 is 2.65 bits per heavy atom. The molecular formula is C17H16O3. The van der Waals surface area contributed by atoms with Gasteiger partial charge in [0.1, 0.15) is 5.75 Å². The maximum absolute atomic E-state index is 11.0. The van der Waals surface area contributed by atoms with Gasteiger partial charge in [0.25, 0.3) is 0 Å². The third kappa shape index (κ3) is 2.67. The topological polar surface area (TPSA) is 46.5 Å². The SMILES string of the molecule is Cc1cc(C(=O)O)ccc1-c1cccc(OC2CC2)c1. The molecule has 3 rings (SSSR count). The second-order valence-corrected chi connectivity index (χ2v) is 5.18. The standard InChI is InChI=1S/C17H16O3/c1-11-9-13(17(18)19)5-8-16(11)12-3-2-4-15(10-12)20-14-6-7-14/h2-5,8-10,14H,6-7H2,1H3,(H,18,19). The minimum atomic E-state index is -0.898. The van der Waals surface area contributed by atoms with Gasteiger partial charge in [0.15, 0.2) is 0 Å². The van der Waals surface area contributed by atoms with Gasteiger partial charge in [0, 0.05) is 0 Å². The summed E-state index contributed by atoms with van der Waals surface area (Å²) in [6.45, 7) is 1.93. The van der Waals surface area contributed by atoms with Crippen molar-refractivity contribution in [3.63, 3.8) is 0 Å². The first-order chi connectivity index (χ1) is 9.63. The minimum absolute atomic E-state index is 0.316. The molecular weight excluding hydrogens is 252 g/mol. The van der Waals surface area contributed by atoms with Crippen molar-refractivity contribution < 1.29 is 14.6 Å². The lowest BCUT2D eigenvalue weighted by molar-refractivity contribution is 0.0697. The summed E-state index contributed by atoms with van der Waals surface area (Å²) >= 11 is 0. The van der Waals surface area contributed by atoms with E-state index in [1.54, 1.807) is 12.1 Å². The van der Waals surface area contributed by atoms with Crippen LogP contribution in [0.15, 0.2) is 42.5 Å². The summed E-state index contributed by atoms with van der Waals surface area (Å²) < 4.78 is 5.80. The summed E-state index contributed by atoms with van der Waals surface area (Å²) in [6, 6.07) is 13.2. The highest BCUT2D eigenvalue weighted by molar-refractivity contribution is 5.89.